The molecule has 6 rings (SSSR count). The number of nitro groups is 1. The molecule has 6 nitrogen and oxygen atoms in total. The van der Waals surface area contributed by atoms with Crippen molar-refractivity contribution >= 4 is 34.0 Å². The van der Waals surface area contributed by atoms with Crippen LogP contribution in [0.5, 0.6) is 0 Å². The van der Waals surface area contributed by atoms with Gasteiger partial charge in [-0.25, -0.2) is 9.97 Å². The Labute approximate surface area is 282 Å². The van der Waals surface area contributed by atoms with Gasteiger partial charge < -0.3 is 13.2 Å². The Morgan fingerprint density at radius 3 is 1.45 bits per heavy atom. The third-order valence-corrected chi connectivity index (χ3v) is 9.02. The first-order valence-corrected chi connectivity index (χ1v) is 15.3. The molecule has 0 saturated heterocycles. The molecule has 0 bridgehead atoms. The number of non-ortho nitro benzene ring substituents is 1. The Balaban J connectivity index is 0.000000295. The molecule has 0 radical (unpaired) electrons. The van der Waals surface area contributed by atoms with E-state index in [1.165, 1.54) is 23.3 Å². The number of rotatable bonds is 7. The largest absolute Gasteiger partial charge is 0.399 e. The number of nitrogens with zero attached hydrogens (tertiary/aromatic N) is 3. The van der Waals surface area contributed by atoms with Crippen molar-refractivity contribution in [2.24, 2.45) is 0 Å². The van der Waals surface area contributed by atoms with Crippen molar-refractivity contribution in [3.8, 4) is 22.5 Å². The fourth-order valence-corrected chi connectivity index (χ4v) is 6.24. The van der Waals surface area contributed by atoms with Gasteiger partial charge in [0.05, 0.1) is 16.3 Å². The van der Waals surface area contributed by atoms with E-state index in [-0.39, 0.29) is 40.9 Å². The van der Waals surface area contributed by atoms with Crippen LogP contribution in [0.1, 0.15) is 48.3 Å². The second-order valence-corrected chi connectivity index (χ2v) is 11.6. The Morgan fingerprint density at radius 1 is 0.682 bits per heavy atom. The van der Waals surface area contributed by atoms with Crippen molar-refractivity contribution in [2.75, 3.05) is 5.73 Å². The van der Waals surface area contributed by atoms with E-state index in [1.54, 1.807) is 34.8 Å². The predicted octanol–water partition coefficient (Wildman–Crippen LogP) is 10.1. The summed E-state index contributed by atoms with van der Waals surface area (Å²) in [5.41, 5.74) is 13.0. The Hall–Kier alpha value is -4.00. The van der Waals surface area contributed by atoms with E-state index in [4.69, 9.17) is 10.7 Å². The van der Waals surface area contributed by atoms with Gasteiger partial charge in [0.25, 0.3) is 5.69 Å². The summed E-state index contributed by atoms with van der Waals surface area (Å²) in [4.78, 5) is 19.7. The van der Waals surface area contributed by atoms with E-state index in [9.17, 15) is 10.1 Å². The monoisotopic (exact) mass is 713 g/mol. The predicted molar refractivity (Wildman–Crippen MR) is 183 cm³/mol. The minimum absolute atomic E-state index is 0. The minimum atomic E-state index is -0.395. The fraction of sp³-hybridized carbons (Fsp3) is 0.114. The van der Waals surface area contributed by atoms with Crippen molar-refractivity contribution in [1.82, 2.24) is 9.97 Å². The molecule has 2 heterocycles. The zero-order chi connectivity index (χ0) is 29.5. The number of nitrogen functional groups attached to an aromatic ring is 1. The molecule has 4 aromatic carbocycles. The molecular weight excluding hydrogens is 679 g/mol. The van der Waals surface area contributed by atoms with E-state index >= 15 is 0 Å². The van der Waals surface area contributed by atoms with Crippen molar-refractivity contribution < 1.29 is 26.8 Å². The first-order chi connectivity index (χ1) is 20.4. The number of benzene rings is 4. The van der Waals surface area contributed by atoms with Gasteiger partial charge in [0.2, 0.25) is 0 Å². The number of hydrogen-bond donors (Lipinski definition) is 1. The maximum atomic E-state index is 10.7. The molecule has 0 spiro atoms. The molecule has 0 aliphatic heterocycles. The summed E-state index contributed by atoms with van der Waals surface area (Å²) < 4.78 is 0. The van der Waals surface area contributed by atoms with Crippen LogP contribution in [0, 0.1) is 17.5 Å². The second kappa shape index (κ2) is 16.2. The first-order valence-electron chi connectivity index (χ1n) is 13.5. The third kappa shape index (κ3) is 8.55. The van der Waals surface area contributed by atoms with Gasteiger partial charge in [-0.3, -0.25) is 10.1 Å². The molecule has 6 aromatic rings. The Kier molecular flexibility index (Phi) is 12.7. The number of thiazole rings is 2. The fourth-order valence-electron chi connectivity index (χ4n) is 4.41. The van der Waals surface area contributed by atoms with Crippen LogP contribution in [0.25, 0.3) is 22.5 Å². The normalized spacial score (nSPS) is 11.6. The summed E-state index contributed by atoms with van der Waals surface area (Å²) in [6, 6.07) is 35.1. The topological polar surface area (TPSA) is 94.9 Å². The van der Waals surface area contributed by atoms with Crippen LogP contribution in [0.2, 0.25) is 0 Å². The van der Waals surface area contributed by atoms with E-state index in [0.29, 0.717) is 5.92 Å². The van der Waals surface area contributed by atoms with Crippen LogP contribution in [0.15, 0.2) is 120 Å². The molecule has 0 fully saturated rings. The molecule has 0 amide bonds. The van der Waals surface area contributed by atoms with E-state index in [2.05, 4.69) is 60.6 Å². The maximum Gasteiger partial charge on any atom is 0.269 e. The average molecular weight is 714 g/mol. The van der Waals surface area contributed by atoms with Crippen LogP contribution >= 0.6 is 22.7 Å². The number of anilines is 1. The quantitative estimate of drug-likeness (QED) is 0.0584. The molecule has 2 N–H and O–H groups in total. The molecule has 0 aliphatic carbocycles. The summed E-state index contributed by atoms with van der Waals surface area (Å²) >= 11 is 3.32. The van der Waals surface area contributed by atoms with Crippen LogP contribution in [-0.2, 0) is 20.4 Å². The molecule has 230 valence electrons. The molecular formula is C35H35N4O2PdS2-. The van der Waals surface area contributed by atoms with Gasteiger partial charge in [-0.2, -0.15) is 0 Å². The summed E-state index contributed by atoms with van der Waals surface area (Å²) in [6.07, 6.45) is 0. The molecule has 0 aliphatic rings. The maximum absolute atomic E-state index is 10.7. The van der Waals surface area contributed by atoms with Crippen LogP contribution in [0.4, 0.5) is 11.4 Å². The molecule has 2 aromatic heterocycles. The molecule has 2 unspecified atom stereocenters. The van der Waals surface area contributed by atoms with E-state index < -0.39 is 4.92 Å². The number of hydrogen-bond acceptors (Lipinski definition) is 7. The summed E-state index contributed by atoms with van der Waals surface area (Å²) in [6.45, 7) is 4.33. The van der Waals surface area contributed by atoms with Crippen molar-refractivity contribution in [1.29, 1.82) is 0 Å². The van der Waals surface area contributed by atoms with Gasteiger partial charge in [0.15, 0.2) is 0 Å². The average Bonchev–Trinajstić information content (AvgIpc) is 3.73. The molecule has 44 heavy (non-hydrogen) atoms. The number of nitrogens with two attached hydrogens (primary N) is 1. The summed E-state index contributed by atoms with van der Waals surface area (Å²) in [5, 5.41) is 17.0. The smallest absolute Gasteiger partial charge is 0.269 e. The second-order valence-electron chi connectivity index (χ2n) is 9.83. The van der Waals surface area contributed by atoms with Crippen molar-refractivity contribution in [2.45, 2.75) is 25.7 Å². The van der Waals surface area contributed by atoms with Crippen LogP contribution in [0.3, 0.4) is 0 Å². The van der Waals surface area contributed by atoms with Gasteiger partial charge in [0, 0.05) is 73.4 Å². The molecule has 9 heteroatoms. The van der Waals surface area contributed by atoms with Gasteiger partial charge in [-0.1, -0.05) is 86.6 Å². The number of aromatic nitrogens is 2. The standard InChI is InChI=1S/C17H14N2O2S.C17H16N2S.CH3.Pd.H2/c1-12(13-5-3-2-4-6-13)17-18-16(11-22-17)14-7-9-15(10-8-14)19(20)21;1-12(13-5-3-2-4-6-13)17-19-16(11-20-17)14-7-9-15(18)10-8-14;;;/h2-12H,1H3;2-12H,18H2,1H3;1H3;;1H/q;;-1;;. The minimum Gasteiger partial charge on any atom is -0.399 e. The van der Waals surface area contributed by atoms with Crippen LogP contribution in [-0.4, -0.2) is 14.9 Å². The van der Waals surface area contributed by atoms with Gasteiger partial charge >= 0.3 is 0 Å². The van der Waals surface area contributed by atoms with Crippen molar-refractivity contribution in [3.05, 3.63) is 159 Å². The summed E-state index contributed by atoms with van der Waals surface area (Å²) in [5.74, 6) is 0.557. The SMILES string of the molecule is CC(c1ccccc1)c1nc(-c2ccc(N)cc2)cs1.CC(c1ccccc1)c1nc(-c2ccc([N+](=O)[O-])cc2)cs1.[CH3-].[HH].[Pd]. The number of nitro benzene ring substituents is 1. The third-order valence-electron chi connectivity index (χ3n) is 6.96. The van der Waals surface area contributed by atoms with E-state index in [0.717, 1.165) is 38.2 Å². The van der Waals surface area contributed by atoms with Crippen molar-refractivity contribution in [3.63, 3.8) is 0 Å². The van der Waals surface area contributed by atoms with Gasteiger partial charge in [-0.15, -0.1) is 22.7 Å². The Morgan fingerprint density at radius 2 is 1.07 bits per heavy atom. The summed E-state index contributed by atoms with van der Waals surface area (Å²) in [7, 11) is 0. The zero-order valence-electron chi connectivity index (χ0n) is 24.6. The van der Waals surface area contributed by atoms with Crippen LogP contribution < -0.4 is 5.73 Å². The molecule has 2 atom stereocenters. The zero-order valence-corrected chi connectivity index (χ0v) is 27.8. The van der Waals surface area contributed by atoms with Gasteiger partial charge in [0.1, 0.15) is 10.0 Å². The van der Waals surface area contributed by atoms with E-state index in [1.807, 2.05) is 53.9 Å². The van der Waals surface area contributed by atoms with Gasteiger partial charge in [-0.05, 0) is 35.4 Å². The Bertz CT molecular complexity index is 1750. The molecule has 0 saturated carbocycles. The first kappa shape index (κ1) is 34.5.